The first-order chi connectivity index (χ1) is 7.58. The van der Waals surface area contributed by atoms with Crippen molar-refractivity contribution in [2.45, 2.75) is 32.2 Å². The lowest BCUT2D eigenvalue weighted by atomic mass is 9.92. The third-order valence-corrected chi connectivity index (χ3v) is 3.16. The lowest BCUT2D eigenvalue weighted by Crippen LogP contribution is -2.22. The van der Waals surface area contributed by atoms with Crippen LogP contribution in [-0.4, -0.2) is 23.8 Å². The fourth-order valence-electron chi connectivity index (χ4n) is 1.25. The molecule has 1 aromatic rings. The number of rotatable bonds is 6. The quantitative estimate of drug-likeness (QED) is 0.608. The first-order valence-electron chi connectivity index (χ1n) is 5.82. The van der Waals surface area contributed by atoms with Gasteiger partial charge in [0.25, 0.3) is 0 Å². The normalized spacial score (nSPS) is 11.7. The molecule has 16 heavy (non-hydrogen) atoms. The zero-order valence-electron chi connectivity index (χ0n) is 10.5. The molecule has 0 spiro atoms. The summed E-state index contributed by atoms with van der Waals surface area (Å²) in [7, 11) is 0. The Labute approximate surface area is 103 Å². The van der Waals surface area contributed by atoms with Gasteiger partial charge in [-0.25, -0.2) is 4.98 Å². The predicted octanol–water partition coefficient (Wildman–Crippen LogP) is 3.20. The largest absolute Gasteiger partial charge is 0.316 e. The average molecular weight is 238 g/mol. The van der Waals surface area contributed by atoms with Crippen molar-refractivity contribution in [2.24, 2.45) is 5.41 Å². The van der Waals surface area contributed by atoms with Gasteiger partial charge in [0.15, 0.2) is 0 Å². The second kappa shape index (κ2) is 6.92. The molecule has 0 bridgehead atoms. The molecular formula is C13H22N2S. The molecule has 0 aliphatic carbocycles. The third-order valence-electron chi connectivity index (χ3n) is 2.22. The van der Waals surface area contributed by atoms with E-state index in [1.165, 1.54) is 6.42 Å². The van der Waals surface area contributed by atoms with E-state index in [0.717, 1.165) is 23.9 Å². The van der Waals surface area contributed by atoms with Gasteiger partial charge in [0.2, 0.25) is 0 Å². The second-order valence-corrected chi connectivity index (χ2v) is 6.19. The Morgan fingerprint density at radius 1 is 1.25 bits per heavy atom. The summed E-state index contributed by atoms with van der Waals surface area (Å²) in [5, 5.41) is 4.57. The standard InChI is InChI=1S/C13H22N2S/c1-13(2,3)7-9-14-10-11-16-12-6-4-5-8-15-12/h4-6,8,14H,7,9-11H2,1-3H3. The highest BCUT2D eigenvalue weighted by atomic mass is 32.2. The van der Waals surface area contributed by atoms with Crippen molar-refractivity contribution >= 4 is 11.8 Å². The maximum absolute atomic E-state index is 4.27. The molecule has 1 heterocycles. The molecule has 0 aromatic carbocycles. The van der Waals surface area contributed by atoms with E-state index in [0.29, 0.717) is 5.41 Å². The van der Waals surface area contributed by atoms with Crippen LogP contribution < -0.4 is 5.32 Å². The van der Waals surface area contributed by atoms with Gasteiger partial charge in [0, 0.05) is 18.5 Å². The molecule has 0 radical (unpaired) electrons. The lowest BCUT2D eigenvalue weighted by Gasteiger charge is -2.17. The fourth-order valence-corrected chi connectivity index (χ4v) is 2.01. The highest BCUT2D eigenvalue weighted by Crippen LogP contribution is 2.17. The highest BCUT2D eigenvalue weighted by Gasteiger charge is 2.08. The van der Waals surface area contributed by atoms with Crippen LogP contribution >= 0.6 is 11.8 Å². The van der Waals surface area contributed by atoms with Gasteiger partial charge in [-0.2, -0.15) is 0 Å². The van der Waals surface area contributed by atoms with Crippen molar-refractivity contribution in [1.29, 1.82) is 0 Å². The molecule has 1 rings (SSSR count). The molecule has 0 aliphatic rings. The van der Waals surface area contributed by atoms with E-state index in [1.807, 2.05) is 18.3 Å². The zero-order chi connectivity index (χ0) is 11.9. The summed E-state index contributed by atoms with van der Waals surface area (Å²) >= 11 is 1.80. The van der Waals surface area contributed by atoms with Crippen LogP contribution in [0.5, 0.6) is 0 Å². The monoisotopic (exact) mass is 238 g/mol. The van der Waals surface area contributed by atoms with Crippen molar-refractivity contribution in [3.8, 4) is 0 Å². The fraction of sp³-hybridized carbons (Fsp3) is 0.615. The second-order valence-electron chi connectivity index (χ2n) is 5.08. The van der Waals surface area contributed by atoms with Gasteiger partial charge >= 0.3 is 0 Å². The molecule has 0 saturated carbocycles. The van der Waals surface area contributed by atoms with E-state index in [-0.39, 0.29) is 0 Å². The van der Waals surface area contributed by atoms with E-state index in [4.69, 9.17) is 0 Å². The number of nitrogens with zero attached hydrogens (tertiary/aromatic N) is 1. The molecule has 3 heteroatoms. The third kappa shape index (κ3) is 6.85. The van der Waals surface area contributed by atoms with Gasteiger partial charge in [-0.1, -0.05) is 26.8 Å². The van der Waals surface area contributed by atoms with Crippen LogP contribution in [-0.2, 0) is 0 Å². The Morgan fingerprint density at radius 2 is 2.06 bits per heavy atom. The van der Waals surface area contributed by atoms with Crippen LogP contribution in [0.1, 0.15) is 27.2 Å². The summed E-state index contributed by atoms with van der Waals surface area (Å²) < 4.78 is 0. The zero-order valence-corrected chi connectivity index (χ0v) is 11.3. The SMILES string of the molecule is CC(C)(C)CCNCCSc1ccccn1. The molecule has 0 amide bonds. The van der Waals surface area contributed by atoms with Crippen LogP contribution in [0.15, 0.2) is 29.4 Å². The number of hydrogen-bond donors (Lipinski definition) is 1. The number of nitrogens with one attached hydrogen (secondary N) is 1. The smallest absolute Gasteiger partial charge is 0.0960 e. The maximum Gasteiger partial charge on any atom is 0.0960 e. The van der Waals surface area contributed by atoms with Crippen molar-refractivity contribution < 1.29 is 0 Å². The van der Waals surface area contributed by atoms with Crippen molar-refractivity contribution in [2.75, 3.05) is 18.8 Å². The van der Waals surface area contributed by atoms with Crippen molar-refractivity contribution in [3.05, 3.63) is 24.4 Å². The van der Waals surface area contributed by atoms with E-state index >= 15 is 0 Å². The van der Waals surface area contributed by atoms with Crippen LogP contribution in [0.3, 0.4) is 0 Å². The van der Waals surface area contributed by atoms with Gasteiger partial charge < -0.3 is 5.32 Å². The molecule has 90 valence electrons. The summed E-state index contributed by atoms with van der Waals surface area (Å²) in [5.41, 5.74) is 0.432. The predicted molar refractivity (Wildman–Crippen MR) is 71.9 cm³/mol. The Balaban J connectivity index is 2.01. The minimum Gasteiger partial charge on any atom is -0.316 e. The Kier molecular flexibility index (Phi) is 5.85. The minimum atomic E-state index is 0.432. The van der Waals surface area contributed by atoms with Crippen molar-refractivity contribution in [3.63, 3.8) is 0 Å². The molecule has 0 saturated heterocycles. The summed E-state index contributed by atoms with van der Waals surface area (Å²) in [5.74, 6) is 1.08. The molecule has 0 unspecified atom stereocenters. The molecule has 0 aliphatic heterocycles. The van der Waals surface area contributed by atoms with Gasteiger partial charge in [0.05, 0.1) is 5.03 Å². The molecule has 2 nitrogen and oxygen atoms in total. The highest BCUT2D eigenvalue weighted by molar-refractivity contribution is 7.99. The van der Waals surface area contributed by atoms with Gasteiger partial charge in [-0.15, -0.1) is 11.8 Å². The Hall–Kier alpha value is -0.540. The summed E-state index contributed by atoms with van der Waals surface area (Å²) in [6.45, 7) is 8.98. The molecular weight excluding hydrogens is 216 g/mol. The Morgan fingerprint density at radius 3 is 2.69 bits per heavy atom. The molecule has 1 N–H and O–H groups in total. The van der Waals surface area contributed by atoms with Crippen LogP contribution in [0.2, 0.25) is 0 Å². The van der Waals surface area contributed by atoms with Gasteiger partial charge in [0.1, 0.15) is 0 Å². The van der Waals surface area contributed by atoms with E-state index in [2.05, 4.69) is 37.1 Å². The van der Waals surface area contributed by atoms with E-state index < -0.39 is 0 Å². The average Bonchev–Trinajstić information content (AvgIpc) is 2.23. The van der Waals surface area contributed by atoms with Crippen LogP contribution in [0.4, 0.5) is 0 Å². The number of thioether (sulfide) groups is 1. The number of aromatic nitrogens is 1. The first kappa shape index (κ1) is 13.5. The molecule has 1 aromatic heterocycles. The van der Waals surface area contributed by atoms with E-state index in [1.54, 1.807) is 11.8 Å². The van der Waals surface area contributed by atoms with Crippen LogP contribution in [0.25, 0.3) is 0 Å². The summed E-state index contributed by atoms with van der Waals surface area (Å²) in [6, 6.07) is 6.04. The number of pyridine rings is 1. The minimum absolute atomic E-state index is 0.432. The van der Waals surface area contributed by atoms with Crippen LogP contribution in [0, 0.1) is 5.41 Å². The van der Waals surface area contributed by atoms with Gasteiger partial charge in [-0.3, -0.25) is 0 Å². The topological polar surface area (TPSA) is 24.9 Å². The summed E-state index contributed by atoms with van der Waals surface area (Å²) in [4.78, 5) is 4.27. The summed E-state index contributed by atoms with van der Waals surface area (Å²) in [6.07, 6.45) is 3.07. The number of hydrogen-bond acceptors (Lipinski definition) is 3. The lowest BCUT2D eigenvalue weighted by molar-refractivity contribution is 0.369. The molecule has 0 fully saturated rings. The van der Waals surface area contributed by atoms with Crippen molar-refractivity contribution in [1.82, 2.24) is 10.3 Å². The van der Waals surface area contributed by atoms with Gasteiger partial charge in [-0.05, 0) is 30.5 Å². The maximum atomic E-state index is 4.27. The Bertz CT molecular complexity index is 280. The first-order valence-corrected chi connectivity index (χ1v) is 6.81. The molecule has 0 atom stereocenters. The van der Waals surface area contributed by atoms with E-state index in [9.17, 15) is 0 Å².